The van der Waals surface area contributed by atoms with Crippen LogP contribution < -0.4 is 9.47 Å². The molecule has 4 nitrogen and oxygen atoms in total. The Bertz CT molecular complexity index is 1870. The van der Waals surface area contributed by atoms with Gasteiger partial charge in [0.1, 0.15) is 34.2 Å². The molecule has 0 unspecified atom stereocenters. The van der Waals surface area contributed by atoms with Crippen LogP contribution in [0, 0.1) is 11.6 Å². The van der Waals surface area contributed by atoms with E-state index in [-0.39, 0.29) is 11.6 Å². The lowest BCUT2D eigenvalue weighted by molar-refractivity contribution is 0.304. The number of unbranched alkanes of at least 4 members (excludes halogenated alkanes) is 4. The Morgan fingerprint density at radius 2 is 1.02 bits per heavy atom. The number of hydrogen-bond donors (Lipinski definition) is 0. The maximum Gasteiger partial charge on any atom is 0.135 e. The average molecular weight is 730 g/mol. The van der Waals surface area contributed by atoms with E-state index in [1.54, 1.807) is 24.3 Å². The fourth-order valence-electron chi connectivity index (χ4n) is 5.28. The lowest BCUT2D eigenvalue weighted by atomic mass is 10.1. The van der Waals surface area contributed by atoms with Gasteiger partial charge in [0.2, 0.25) is 0 Å². The fourth-order valence-corrected chi connectivity index (χ4v) is 8.70. The summed E-state index contributed by atoms with van der Waals surface area (Å²) in [6.45, 7) is 5.39. The predicted molar refractivity (Wildman–Crippen MR) is 195 cm³/mol. The van der Waals surface area contributed by atoms with E-state index in [2.05, 4.69) is 22.6 Å². The first-order valence-corrected chi connectivity index (χ1v) is 18.7. The van der Waals surface area contributed by atoms with Crippen molar-refractivity contribution in [3.05, 3.63) is 82.3 Å². The molecule has 0 atom stereocenters. The molecule has 11 heteroatoms. The quantitative estimate of drug-likeness (QED) is 0.105. The second-order valence-electron chi connectivity index (χ2n) is 11.1. The maximum atomic E-state index is 15.2. The number of hydrogen-bond acceptors (Lipinski definition) is 7. The SMILES string of the molecule is CCCCCOc1ccc(-c2ccc(-c3c(Cl)c(Cl)c(-c4ccc(-c5ccc(OCCCCC)cc5F)s4)c4nsnc34)s2)c(F)c1. The van der Waals surface area contributed by atoms with Gasteiger partial charge in [-0.3, -0.25) is 0 Å². The van der Waals surface area contributed by atoms with E-state index in [0.717, 1.165) is 69.8 Å². The molecule has 0 bridgehead atoms. The smallest absolute Gasteiger partial charge is 0.135 e. The number of aromatic nitrogens is 2. The van der Waals surface area contributed by atoms with Gasteiger partial charge in [0, 0.05) is 53.9 Å². The average Bonchev–Trinajstić information content (AvgIpc) is 3.85. The number of halogens is 4. The first-order valence-electron chi connectivity index (χ1n) is 15.6. The Labute approximate surface area is 295 Å². The van der Waals surface area contributed by atoms with E-state index in [9.17, 15) is 0 Å². The van der Waals surface area contributed by atoms with Crippen LogP contribution in [0.25, 0.3) is 52.8 Å². The molecule has 244 valence electrons. The highest BCUT2D eigenvalue weighted by molar-refractivity contribution is 7.19. The van der Waals surface area contributed by atoms with Crippen molar-refractivity contribution in [3.8, 4) is 53.3 Å². The van der Waals surface area contributed by atoms with Crippen LogP contribution in [-0.4, -0.2) is 22.0 Å². The first kappa shape index (κ1) is 33.8. The highest BCUT2D eigenvalue weighted by Crippen LogP contribution is 2.50. The van der Waals surface area contributed by atoms with Crippen molar-refractivity contribution in [3.63, 3.8) is 0 Å². The summed E-state index contributed by atoms with van der Waals surface area (Å²) < 4.78 is 51.0. The number of nitrogens with zero attached hydrogens (tertiary/aromatic N) is 2. The van der Waals surface area contributed by atoms with Gasteiger partial charge in [0.15, 0.2) is 0 Å². The Morgan fingerprint density at radius 3 is 1.43 bits per heavy atom. The highest BCUT2D eigenvalue weighted by atomic mass is 35.5. The molecule has 3 aromatic heterocycles. The Kier molecular flexibility index (Phi) is 11.1. The van der Waals surface area contributed by atoms with Crippen molar-refractivity contribution in [2.45, 2.75) is 52.4 Å². The van der Waals surface area contributed by atoms with Gasteiger partial charge < -0.3 is 9.47 Å². The molecular formula is C36H32Cl2F2N2O2S3. The summed E-state index contributed by atoms with van der Waals surface area (Å²) in [7, 11) is 0. The molecule has 0 radical (unpaired) electrons. The Balaban J connectivity index is 1.28. The van der Waals surface area contributed by atoms with Crippen molar-refractivity contribution in [1.29, 1.82) is 0 Å². The molecule has 0 spiro atoms. The maximum absolute atomic E-state index is 15.2. The van der Waals surface area contributed by atoms with Crippen LogP contribution in [0.5, 0.6) is 11.5 Å². The summed E-state index contributed by atoms with van der Waals surface area (Å²) >= 11 is 17.8. The lowest BCUT2D eigenvalue weighted by Crippen LogP contribution is -1.97. The molecule has 6 aromatic rings. The van der Waals surface area contributed by atoms with Gasteiger partial charge in [-0.25, -0.2) is 8.78 Å². The second kappa shape index (κ2) is 15.4. The van der Waals surface area contributed by atoms with Gasteiger partial charge in [-0.05, 0) is 61.4 Å². The third-order valence-electron chi connectivity index (χ3n) is 7.74. The molecule has 6 rings (SSSR count). The van der Waals surface area contributed by atoms with Crippen molar-refractivity contribution in [1.82, 2.24) is 8.75 Å². The van der Waals surface area contributed by atoms with Crippen LogP contribution >= 0.6 is 57.6 Å². The molecule has 0 aliphatic rings. The van der Waals surface area contributed by atoms with E-state index in [0.29, 0.717) is 68.0 Å². The zero-order valence-electron chi connectivity index (χ0n) is 25.9. The number of benzene rings is 3. The minimum absolute atomic E-state index is 0.331. The molecule has 0 saturated heterocycles. The highest BCUT2D eigenvalue weighted by Gasteiger charge is 2.25. The number of rotatable bonds is 14. The molecule has 0 amide bonds. The molecule has 3 aromatic carbocycles. The van der Waals surface area contributed by atoms with E-state index in [1.165, 1.54) is 34.8 Å². The van der Waals surface area contributed by atoms with Crippen LogP contribution in [0.3, 0.4) is 0 Å². The van der Waals surface area contributed by atoms with Crippen LogP contribution in [0.15, 0.2) is 60.7 Å². The van der Waals surface area contributed by atoms with E-state index in [4.69, 9.17) is 32.7 Å². The third kappa shape index (κ3) is 7.34. The Hall–Kier alpha value is -3.08. The first-order chi connectivity index (χ1) is 22.9. The standard InChI is InChI=1S/C36H32Cl2F2N2O2S3/c1-3-5-7-17-43-21-9-11-23(25(39)19-21)27-13-15-29(45-27)31-33(37)34(38)32(36-35(31)41-47-42-36)30-16-14-28(46-30)24-12-10-22(20-26(24)40)44-18-8-6-4-2/h9-16,19-20H,3-8,17-18H2,1-2H3. The Morgan fingerprint density at radius 1 is 0.596 bits per heavy atom. The van der Waals surface area contributed by atoms with Crippen molar-refractivity contribution in [2.24, 2.45) is 0 Å². The minimum atomic E-state index is -0.356. The predicted octanol–water partition coefficient (Wildman–Crippen LogP) is 13.2. The summed E-state index contributed by atoms with van der Waals surface area (Å²) in [6, 6.07) is 17.5. The number of thiophene rings is 2. The van der Waals surface area contributed by atoms with Gasteiger partial charge in [0.25, 0.3) is 0 Å². The largest absolute Gasteiger partial charge is 0.493 e. The molecule has 0 saturated carbocycles. The monoisotopic (exact) mass is 728 g/mol. The van der Waals surface area contributed by atoms with Crippen LogP contribution in [-0.2, 0) is 0 Å². The van der Waals surface area contributed by atoms with E-state index >= 15 is 8.78 Å². The zero-order valence-corrected chi connectivity index (χ0v) is 29.8. The summed E-state index contributed by atoms with van der Waals surface area (Å²) in [5.74, 6) is 0.321. The molecule has 47 heavy (non-hydrogen) atoms. The topological polar surface area (TPSA) is 44.2 Å². The normalized spacial score (nSPS) is 11.4. The summed E-state index contributed by atoms with van der Waals surface area (Å²) in [5.41, 5.74) is 3.46. The third-order valence-corrected chi connectivity index (χ3v) is 11.4. The zero-order chi connectivity index (χ0) is 32.9. The molecule has 0 aliphatic carbocycles. The van der Waals surface area contributed by atoms with Gasteiger partial charge in [-0.2, -0.15) is 8.75 Å². The molecule has 3 heterocycles. The summed E-state index contributed by atoms with van der Waals surface area (Å²) in [6.07, 6.45) is 6.22. The second-order valence-corrected chi connectivity index (χ2v) is 14.5. The number of fused-ring (bicyclic) bond motifs is 1. The van der Waals surface area contributed by atoms with Crippen LogP contribution in [0.1, 0.15) is 52.4 Å². The van der Waals surface area contributed by atoms with Crippen molar-refractivity contribution in [2.75, 3.05) is 13.2 Å². The number of ether oxygens (including phenoxy) is 2. The molecular weight excluding hydrogens is 698 g/mol. The van der Waals surface area contributed by atoms with E-state index < -0.39 is 0 Å². The van der Waals surface area contributed by atoms with Crippen LogP contribution in [0.2, 0.25) is 10.0 Å². The summed E-state index contributed by atoms with van der Waals surface area (Å²) in [4.78, 5) is 3.07. The van der Waals surface area contributed by atoms with Gasteiger partial charge in [0.05, 0.1) is 35.0 Å². The van der Waals surface area contributed by atoms with Gasteiger partial charge in [-0.15, -0.1) is 22.7 Å². The minimum Gasteiger partial charge on any atom is -0.493 e. The summed E-state index contributed by atoms with van der Waals surface area (Å²) in [5, 5.41) is 0.662. The molecule has 0 fully saturated rings. The lowest BCUT2D eigenvalue weighted by Gasteiger charge is -2.10. The molecule has 0 aliphatic heterocycles. The van der Waals surface area contributed by atoms with E-state index in [1.807, 2.05) is 24.3 Å². The molecule has 0 N–H and O–H groups in total. The van der Waals surface area contributed by atoms with Gasteiger partial charge in [-0.1, -0.05) is 62.7 Å². The van der Waals surface area contributed by atoms with Crippen molar-refractivity contribution >= 4 is 68.6 Å². The van der Waals surface area contributed by atoms with Gasteiger partial charge >= 0.3 is 0 Å². The van der Waals surface area contributed by atoms with Crippen molar-refractivity contribution < 1.29 is 18.3 Å². The fraction of sp³-hybridized carbons (Fsp3) is 0.278. The van der Waals surface area contributed by atoms with Crippen LogP contribution in [0.4, 0.5) is 8.78 Å².